The van der Waals surface area contributed by atoms with Gasteiger partial charge in [-0.3, -0.25) is 9.89 Å². The van der Waals surface area contributed by atoms with Crippen LogP contribution in [0.3, 0.4) is 0 Å². The van der Waals surface area contributed by atoms with E-state index in [0.717, 1.165) is 25.6 Å². The summed E-state index contributed by atoms with van der Waals surface area (Å²) in [6, 6.07) is 0. The van der Waals surface area contributed by atoms with Crippen LogP contribution < -0.4 is 10.6 Å². The van der Waals surface area contributed by atoms with Crippen LogP contribution in [-0.2, 0) is 9.84 Å². The quantitative estimate of drug-likeness (QED) is 0.350. The van der Waals surface area contributed by atoms with E-state index in [4.69, 9.17) is 0 Å². The van der Waals surface area contributed by atoms with E-state index in [0.29, 0.717) is 29.8 Å². The Hall–Kier alpha value is 0.260. The number of hydrogen-bond donors (Lipinski definition) is 2. The summed E-state index contributed by atoms with van der Waals surface area (Å²) >= 11 is 2.03. The minimum absolute atomic E-state index is 0. The van der Waals surface area contributed by atoms with Crippen molar-refractivity contribution in [3.63, 3.8) is 0 Å². The molecule has 0 aromatic rings. The summed E-state index contributed by atoms with van der Waals surface area (Å²) in [5.74, 6) is 2.70. The van der Waals surface area contributed by atoms with Gasteiger partial charge in [-0.15, -0.1) is 24.0 Å². The van der Waals surface area contributed by atoms with Crippen molar-refractivity contribution in [2.45, 2.75) is 18.1 Å². The van der Waals surface area contributed by atoms with Gasteiger partial charge in [-0.05, 0) is 18.6 Å². The summed E-state index contributed by atoms with van der Waals surface area (Å²) in [5.41, 5.74) is 0. The van der Waals surface area contributed by atoms with Gasteiger partial charge in [0.1, 0.15) is 0 Å². The summed E-state index contributed by atoms with van der Waals surface area (Å²) in [6.45, 7) is 3.90. The number of nitrogens with one attached hydrogen (secondary N) is 2. The minimum atomic E-state index is -2.78. The van der Waals surface area contributed by atoms with Crippen molar-refractivity contribution in [1.29, 1.82) is 0 Å². The zero-order chi connectivity index (χ0) is 15.1. The van der Waals surface area contributed by atoms with E-state index in [1.807, 2.05) is 11.8 Å². The van der Waals surface area contributed by atoms with Crippen LogP contribution in [0, 0.1) is 0 Å². The van der Waals surface area contributed by atoms with E-state index in [1.54, 1.807) is 7.05 Å². The standard InChI is InChI=1S/C13H26N4O2S2.HI/c1-14-13(16-11-12-3-2-8-20-12)15-4-5-17-6-9-21(18,19)10-7-17;/h12H,2-11H2,1H3,(H2,14,15,16);1H. The summed E-state index contributed by atoms with van der Waals surface area (Å²) in [4.78, 5) is 6.41. The van der Waals surface area contributed by atoms with Crippen molar-refractivity contribution in [1.82, 2.24) is 15.5 Å². The Morgan fingerprint density at radius 1 is 1.32 bits per heavy atom. The molecule has 0 spiro atoms. The molecule has 2 heterocycles. The summed E-state index contributed by atoms with van der Waals surface area (Å²) < 4.78 is 22.7. The van der Waals surface area contributed by atoms with Crippen molar-refractivity contribution in [3.8, 4) is 0 Å². The lowest BCUT2D eigenvalue weighted by Crippen LogP contribution is -2.46. The lowest BCUT2D eigenvalue weighted by atomic mass is 10.2. The number of sulfone groups is 1. The van der Waals surface area contributed by atoms with Crippen molar-refractivity contribution in [3.05, 3.63) is 0 Å². The first kappa shape index (κ1) is 20.3. The Kier molecular flexibility index (Phi) is 9.41. The van der Waals surface area contributed by atoms with E-state index in [2.05, 4.69) is 20.5 Å². The highest BCUT2D eigenvalue weighted by molar-refractivity contribution is 14.0. The monoisotopic (exact) mass is 462 g/mol. The van der Waals surface area contributed by atoms with Gasteiger partial charge in [0.05, 0.1) is 11.5 Å². The number of hydrogen-bond acceptors (Lipinski definition) is 5. The predicted molar refractivity (Wildman–Crippen MR) is 105 cm³/mol. The molecule has 2 aliphatic rings. The molecule has 0 aromatic carbocycles. The fourth-order valence-electron chi connectivity index (χ4n) is 2.54. The van der Waals surface area contributed by atoms with Crippen LogP contribution in [0.1, 0.15) is 12.8 Å². The second-order valence-electron chi connectivity index (χ2n) is 5.51. The molecular weight excluding hydrogens is 435 g/mol. The van der Waals surface area contributed by atoms with E-state index in [1.165, 1.54) is 18.6 Å². The van der Waals surface area contributed by atoms with Gasteiger partial charge < -0.3 is 10.6 Å². The lowest BCUT2D eigenvalue weighted by Gasteiger charge is -2.26. The van der Waals surface area contributed by atoms with E-state index < -0.39 is 9.84 Å². The lowest BCUT2D eigenvalue weighted by molar-refractivity contribution is 0.299. The van der Waals surface area contributed by atoms with Crippen LogP contribution in [0.4, 0.5) is 0 Å². The molecule has 6 nitrogen and oxygen atoms in total. The highest BCUT2D eigenvalue weighted by Crippen LogP contribution is 2.25. The summed E-state index contributed by atoms with van der Waals surface area (Å²) in [5, 5.41) is 7.37. The molecule has 0 aromatic heterocycles. The molecule has 0 bridgehead atoms. The zero-order valence-corrected chi connectivity index (χ0v) is 17.0. The number of guanidine groups is 1. The van der Waals surface area contributed by atoms with Gasteiger partial charge in [-0.25, -0.2) is 8.42 Å². The highest BCUT2D eigenvalue weighted by Gasteiger charge is 2.21. The molecule has 0 amide bonds. The largest absolute Gasteiger partial charge is 0.355 e. The number of halogens is 1. The fraction of sp³-hybridized carbons (Fsp3) is 0.923. The van der Waals surface area contributed by atoms with Crippen LogP contribution >= 0.6 is 35.7 Å². The van der Waals surface area contributed by atoms with E-state index >= 15 is 0 Å². The number of rotatable bonds is 5. The molecule has 2 N–H and O–H groups in total. The summed E-state index contributed by atoms with van der Waals surface area (Å²) in [6.07, 6.45) is 2.61. The first-order valence-electron chi connectivity index (χ1n) is 7.58. The molecule has 0 saturated carbocycles. The molecular formula is C13H27IN4O2S2. The first-order valence-corrected chi connectivity index (χ1v) is 10.4. The van der Waals surface area contributed by atoms with Gasteiger partial charge >= 0.3 is 0 Å². The third kappa shape index (κ3) is 7.22. The second-order valence-corrected chi connectivity index (χ2v) is 9.22. The van der Waals surface area contributed by atoms with Gasteiger partial charge in [0.2, 0.25) is 0 Å². The molecule has 0 radical (unpaired) electrons. The Balaban J connectivity index is 0.00000242. The van der Waals surface area contributed by atoms with Crippen LogP contribution in [0.5, 0.6) is 0 Å². The predicted octanol–water partition coefficient (Wildman–Crippen LogP) is 0.395. The molecule has 2 fully saturated rings. The minimum Gasteiger partial charge on any atom is -0.355 e. The maximum atomic E-state index is 11.4. The van der Waals surface area contributed by atoms with Gasteiger partial charge in [0.25, 0.3) is 0 Å². The van der Waals surface area contributed by atoms with Crippen LogP contribution in [0.15, 0.2) is 4.99 Å². The number of aliphatic imine (C=N–C) groups is 1. The van der Waals surface area contributed by atoms with E-state index in [-0.39, 0.29) is 24.0 Å². The Morgan fingerprint density at radius 3 is 2.64 bits per heavy atom. The van der Waals surface area contributed by atoms with Crippen molar-refractivity contribution in [2.24, 2.45) is 4.99 Å². The van der Waals surface area contributed by atoms with Crippen LogP contribution in [-0.4, -0.2) is 81.6 Å². The maximum Gasteiger partial charge on any atom is 0.191 e. The molecule has 2 saturated heterocycles. The van der Waals surface area contributed by atoms with Crippen LogP contribution in [0.2, 0.25) is 0 Å². The highest BCUT2D eigenvalue weighted by atomic mass is 127. The second kappa shape index (κ2) is 10.2. The third-order valence-electron chi connectivity index (χ3n) is 3.90. The average molecular weight is 462 g/mol. The normalized spacial score (nSPS) is 25.5. The first-order chi connectivity index (χ1) is 10.1. The molecule has 9 heteroatoms. The molecule has 130 valence electrons. The number of thioether (sulfide) groups is 1. The zero-order valence-electron chi connectivity index (χ0n) is 13.1. The summed E-state index contributed by atoms with van der Waals surface area (Å²) in [7, 11) is -0.998. The van der Waals surface area contributed by atoms with Gasteiger partial charge in [0.15, 0.2) is 15.8 Å². The van der Waals surface area contributed by atoms with Crippen molar-refractivity contribution < 1.29 is 8.42 Å². The SMILES string of the molecule is CN=C(NCCN1CCS(=O)(=O)CC1)NCC1CCCS1.I. The topological polar surface area (TPSA) is 73.8 Å². The molecule has 0 aliphatic carbocycles. The Bertz CT molecular complexity index is 439. The van der Waals surface area contributed by atoms with Gasteiger partial charge in [0, 0.05) is 45.0 Å². The van der Waals surface area contributed by atoms with Crippen LogP contribution in [0.25, 0.3) is 0 Å². The van der Waals surface area contributed by atoms with Gasteiger partial charge in [-0.1, -0.05) is 0 Å². The van der Waals surface area contributed by atoms with Crippen molar-refractivity contribution >= 4 is 51.5 Å². The molecule has 2 aliphatic heterocycles. The molecule has 1 unspecified atom stereocenters. The Labute approximate surface area is 155 Å². The van der Waals surface area contributed by atoms with Crippen molar-refractivity contribution in [2.75, 3.05) is 57.0 Å². The van der Waals surface area contributed by atoms with Gasteiger partial charge in [-0.2, -0.15) is 11.8 Å². The number of nitrogens with zero attached hydrogens (tertiary/aromatic N) is 2. The molecule has 22 heavy (non-hydrogen) atoms. The fourth-order valence-corrected chi connectivity index (χ4v) is 5.02. The van der Waals surface area contributed by atoms with E-state index in [9.17, 15) is 8.42 Å². The average Bonchev–Trinajstić information content (AvgIpc) is 2.97. The smallest absolute Gasteiger partial charge is 0.191 e. The molecule has 1 atom stereocenters. The Morgan fingerprint density at radius 2 is 2.05 bits per heavy atom. The third-order valence-corrected chi connectivity index (χ3v) is 6.91. The molecule has 2 rings (SSSR count). The maximum absolute atomic E-state index is 11.4.